The SMILES string of the molecule is CC(C)Cc1c(Cl)c(Cl)c(Cl)c(Cl)c1Cl. The van der Waals surface area contributed by atoms with Crippen LogP contribution in [0.3, 0.4) is 0 Å². The maximum atomic E-state index is 6.06. The van der Waals surface area contributed by atoms with Crippen molar-refractivity contribution in [2.45, 2.75) is 20.3 Å². The van der Waals surface area contributed by atoms with Gasteiger partial charge in [0.15, 0.2) is 0 Å². The van der Waals surface area contributed by atoms with E-state index in [1.54, 1.807) is 0 Å². The topological polar surface area (TPSA) is 0 Å². The van der Waals surface area contributed by atoms with Crippen molar-refractivity contribution >= 4 is 58.0 Å². The third-order valence-electron chi connectivity index (χ3n) is 1.91. The Morgan fingerprint density at radius 1 is 0.733 bits per heavy atom. The van der Waals surface area contributed by atoms with Gasteiger partial charge in [0.1, 0.15) is 0 Å². The molecule has 0 N–H and O–H groups in total. The fraction of sp³-hybridized carbons (Fsp3) is 0.400. The Morgan fingerprint density at radius 2 is 1.07 bits per heavy atom. The van der Waals surface area contributed by atoms with Gasteiger partial charge in [-0.2, -0.15) is 0 Å². The van der Waals surface area contributed by atoms with Crippen LogP contribution in [0.25, 0.3) is 0 Å². The summed E-state index contributed by atoms with van der Waals surface area (Å²) in [5.41, 5.74) is 0.757. The fourth-order valence-corrected chi connectivity index (χ4v) is 2.57. The second-order valence-electron chi connectivity index (χ2n) is 3.65. The van der Waals surface area contributed by atoms with Crippen LogP contribution in [0.5, 0.6) is 0 Å². The summed E-state index contributed by atoms with van der Waals surface area (Å²) in [6.45, 7) is 4.12. The first kappa shape index (κ1) is 13.7. The molecule has 0 nitrogen and oxygen atoms in total. The molecule has 0 bridgehead atoms. The van der Waals surface area contributed by atoms with Crippen LogP contribution in [0.4, 0.5) is 0 Å². The summed E-state index contributed by atoms with van der Waals surface area (Å²) < 4.78 is 0. The molecule has 15 heavy (non-hydrogen) atoms. The zero-order chi connectivity index (χ0) is 11.7. The van der Waals surface area contributed by atoms with Crippen molar-refractivity contribution in [1.82, 2.24) is 0 Å². The predicted octanol–water partition coefficient (Wildman–Crippen LogP) is 6.15. The molecule has 0 spiro atoms. The van der Waals surface area contributed by atoms with Gasteiger partial charge in [-0.05, 0) is 17.9 Å². The number of benzene rings is 1. The quantitative estimate of drug-likeness (QED) is 0.454. The van der Waals surface area contributed by atoms with Crippen molar-refractivity contribution in [3.05, 3.63) is 30.7 Å². The van der Waals surface area contributed by atoms with Gasteiger partial charge in [-0.1, -0.05) is 71.9 Å². The van der Waals surface area contributed by atoms with Gasteiger partial charge in [-0.15, -0.1) is 0 Å². The molecular weight excluding hydrogens is 297 g/mol. The van der Waals surface area contributed by atoms with Gasteiger partial charge in [-0.3, -0.25) is 0 Å². The molecule has 0 amide bonds. The van der Waals surface area contributed by atoms with Crippen LogP contribution in [0.15, 0.2) is 0 Å². The number of rotatable bonds is 2. The maximum Gasteiger partial charge on any atom is 0.0809 e. The lowest BCUT2D eigenvalue weighted by Gasteiger charge is -2.13. The van der Waals surface area contributed by atoms with Crippen LogP contribution in [0, 0.1) is 5.92 Å². The molecular formula is C10H9Cl5. The van der Waals surface area contributed by atoms with E-state index < -0.39 is 0 Å². The van der Waals surface area contributed by atoms with Crippen molar-refractivity contribution in [3.8, 4) is 0 Å². The molecule has 0 saturated heterocycles. The monoisotopic (exact) mass is 304 g/mol. The van der Waals surface area contributed by atoms with E-state index in [1.165, 1.54) is 0 Å². The minimum Gasteiger partial charge on any atom is -0.0823 e. The molecule has 0 radical (unpaired) electrons. The first-order chi connectivity index (χ1) is 6.86. The highest BCUT2D eigenvalue weighted by Crippen LogP contribution is 2.44. The van der Waals surface area contributed by atoms with Crippen molar-refractivity contribution in [2.24, 2.45) is 5.92 Å². The molecule has 1 aromatic rings. The highest BCUT2D eigenvalue weighted by molar-refractivity contribution is 6.55. The molecule has 1 aromatic carbocycles. The molecule has 0 aromatic heterocycles. The van der Waals surface area contributed by atoms with E-state index in [0.717, 1.165) is 5.56 Å². The van der Waals surface area contributed by atoms with Crippen molar-refractivity contribution < 1.29 is 0 Å². The van der Waals surface area contributed by atoms with E-state index in [1.807, 2.05) is 0 Å². The smallest absolute Gasteiger partial charge is 0.0809 e. The van der Waals surface area contributed by atoms with E-state index in [9.17, 15) is 0 Å². The lowest BCUT2D eigenvalue weighted by molar-refractivity contribution is 0.647. The van der Waals surface area contributed by atoms with Gasteiger partial charge in [0.25, 0.3) is 0 Å². The van der Waals surface area contributed by atoms with E-state index in [4.69, 9.17) is 58.0 Å². The number of hydrogen-bond acceptors (Lipinski definition) is 0. The Hall–Kier alpha value is 0.670. The summed E-state index contributed by atoms with van der Waals surface area (Å²) in [4.78, 5) is 0. The highest BCUT2D eigenvalue weighted by Gasteiger charge is 2.19. The third-order valence-corrected chi connectivity index (χ3v) is 4.27. The van der Waals surface area contributed by atoms with Gasteiger partial charge in [0.05, 0.1) is 25.1 Å². The van der Waals surface area contributed by atoms with Gasteiger partial charge in [-0.25, -0.2) is 0 Å². The predicted molar refractivity (Wildman–Crippen MR) is 70.0 cm³/mol. The highest BCUT2D eigenvalue weighted by atomic mass is 35.5. The molecule has 0 aliphatic carbocycles. The summed E-state index contributed by atoms with van der Waals surface area (Å²) in [5.74, 6) is 0.410. The van der Waals surface area contributed by atoms with Crippen molar-refractivity contribution in [1.29, 1.82) is 0 Å². The van der Waals surface area contributed by atoms with Crippen LogP contribution in [-0.4, -0.2) is 0 Å². The van der Waals surface area contributed by atoms with E-state index >= 15 is 0 Å². The Labute approximate surface area is 114 Å². The summed E-state index contributed by atoms with van der Waals surface area (Å²) in [6, 6.07) is 0. The Kier molecular flexibility index (Phi) is 4.88. The van der Waals surface area contributed by atoms with E-state index in [-0.39, 0.29) is 15.1 Å². The number of hydrogen-bond donors (Lipinski definition) is 0. The van der Waals surface area contributed by atoms with E-state index in [2.05, 4.69) is 13.8 Å². The lowest BCUT2D eigenvalue weighted by Crippen LogP contribution is -1.97. The molecule has 0 saturated carbocycles. The second-order valence-corrected chi connectivity index (χ2v) is 5.54. The lowest BCUT2D eigenvalue weighted by atomic mass is 10.0. The molecule has 5 heteroatoms. The third kappa shape index (κ3) is 2.87. The molecule has 0 heterocycles. The van der Waals surface area contributed by atoms with Crippen LogP contribution >= 0.6 is 58.0 Å². The number of halogens is 5. The van der Waals surface area contributed by atoms with Crippen LogP contribution in [0.1, 0.15) is 19.4 Å². The average Bonchev–Trinajstić information content (AvgIpc) is 2.18. The van der Waals surface area contributed by atoms with Gasteiger partial charge in [0, 0.05) is 0 Å². The molecule has 0 unspecified atom stereocenters. The first-order valence-electron chi connectivity index (χ1n) is 4.36. The summed E-state index contributed by atoms with van der Waals surface area (Å²) >= 11 is 29.9. The van der Waals surface area contributed by atoms with E-state index in [0.29, 0.717) is 22.4 Å². The molecule has 0 aliphatic rings. The van der Waals surface area contributed by atoms with Crippen molar-refractivity contribution in [2.75, 3.05) is 0 Å². The largest absolute Gasteiger partial charge is 0.0823 e. The molecule has 0 fully saturated rings. The van der Waals surface area contributed by atoms with Crippen LogP contribution in [0.2, 0.25) is 25.1 Å². The average molecular weight is 306 g/mol. The Bertz CT molecular complexity index is 355. The summed E-state index contributed by atoms with van der Waals surface area (Å²) in [7, 11) is 0. The summed E-state index contributed by atoms with van der Waals surface area (Å²) in [6.07, 6.45) is 0.717. The Morgan fingerprint density at radius 3 is 1.40 bits per heavy atom. The van der Waals surface area contributed by atoms with Crippen LogP contribution < -0.4 is 0 Å². The second kappa shape index (κ2) is 5.33. The normalized spacial score (nSPS) is 11.2. The molecule has 84 valence electrons. The minimum atomic E-state index is 0.209. The Balaban J connectivity index is 3.39. The molecule has 0 atom stereocenters. The van der Waals surface area contributed by atoms with Gasteiger partial charge >= 0.3 is 0 Å². The first-order valence-corrected chi connectivity index (χ1v) is 6.25. The zero-order valence-electron chi connectivity index (χ0n) is 8.17. The maximum absolute atomic E-state index is 6.06. The van der Waals surface area contributed by atoms with Crippen molar-refractivity contribution in [3.63, 3.8) is 0 Å². The zero-order valence-corrected chi connectivity index (χ0v) is 12.0. The standard InChI is InChI=1S/C10H9Cl5/c1-4(2)3-5-6(11)8(13)10(15)9(14)7(5)12/h4H,3H2,1-2H3. The minimum absolute atomic E-state index is 0.209. The van der Waals surface area contributed by atoms with Crippen LogP contribution in [-0.2, 0) is 6.42 Å². The molecule has 1 rings (SSSR count). The summed E-state index contributed by atoms with van der Waals surface area (Å²) in [5, 5.41) is 1.53. The molecule has 0 aliphatic heterocycles. The van der Waals surface area contributed by atoms with Gasteiger partial charge in [0.2, 0.25) is 0 Å². The van der Waals surface area contributed by atoms with Gasteiger partial charge < -0.3 is 0 Å². The fourth-order valence-electron chi connectivity index (χ4n) is 1.24.